The molecule has 0 heterocycles. The van der Waals surface area contributed by atoms with Crippen LogP contribution in [-0.4, -0.2) is 14.2 Å². The number of ether oxygens (including phenoxy) is 2. The van der Waals surface area contributed by atoms with E-state index in [9.17, 15) is 8.78 Å². The molecule has 0 saturated heterocycles. The topological polar surface area (TPSA) is 30.5 Å². The average Bonchev–Trinajstić information content (AvgIpc) is 2.43. The van der Waals surface area contributed by atoms with Crippen LogP contribution in [0.25, 0.3) is 0 Å². The minimum Gasteiger partial charge on any atom is -0.497 e. The van der Waals surface area contributed by atoms with Gasteiger partial charge in [0.25, 0.3) is 0 Å². The first-order valence-electron chi connectivity index (χ1n) is 6.08. The fraction of sp³-hybridized carbons (Fsp3) is 0.200. The van der Waals surface area contributed by atoms with E-state index in [1.54, 1.807) is 31.3 Å². The molecule has 20 heavy (non-hydrogen) atoms. The van der Waals surface area contributed by atoms with Crippen LogP contribution in [0.4, 0.5) is 8.78 Å². The molecule has 0 spiro atoms. The van der Waals surface area contributed by atoms with Crippen LogP contribution in [-0.2, 0) is 6.54 Å². The molecule has 2 aromatic rings. The Bertz CT molecular complexity index is 579. The van der Waals surface area contributed by atoms with Gasteiger partial charge in [0.1, 0.15) is 11.5 Å². The third kappa shape index (κ3) is 3.24. The van der Waals surface area contributed by atoms with E-state index in [2.05, 4.69) is 5.32 Å². The lowest BCUT2D eigenvalue weighted by Crippen LogP contribution is -2.06. The second-order valence-corrected chi connectivity index (χ2v) is 4.20. The number of nitrogens with one attached hydrogen (secondary N) is 1. The highest BCUT2D eigenvalue weighted by Gasteiger charge is 2.13. The van der Waals surface area contributed by atoms with Gasteiger partial charge in [-0.15, -0.1) is 0 Å². The summed E-state index contributed by atoms with van der Waals surface area (Å²) in [5.74, 6) is -1.03. The van der Waals surface area contributed by atoms with E-state index < -0.39 is 17.4 Å². The molecule has 0 aliphatic heterocycles. The van der Waals surface area contributed by atoms with Crippen molar-refractivity contribution in [1.29, 1.82) is 0 Å². The Kier molecular flexibility index (Phi) is 4.53. The van der Waals surface area contributed by atoms with Crippen molar-refractivity contribution in [3.63, 3.8) is 0 Å². The highest BCUT2D eigenvalue weighted by Crippen LogP contribution is 2.30. The van der Waals surface area contributed by atoms with E-state index in [4.69, 9.17) is 9.47 Å². The monoisotopic (exact) mass is 279 g/mol. The van der Waals surface area contributed by atoms with Crippen molar-refractivity contribution < 1.29 is 18.3 Å². The summed E-state index contributed by atoms with van der Waals surface area (Å²) in [6.07, 6.45) is 0. The normalized spacial score (nSPS) is 10.4. The van der Waals surface area contributed by atoms with Gasteiger partial charge in [-0.25, -0.2) is 8.78 Å². The van der Waals surface area contributed by atoms with Crippen molar-refractivity contribution in [2.75, 3.05) is 14.2 Å². The molecule has 0 fully saturated rings. The third-order valence-corrected chi connectivity index (χ3v) is 2.70. The summed E-state index contributed by atoms with van der Waals surface area (Å²) < 4.78 is 38.1. The molecule has 0 bridgehead atoms. The Hall–Kier alpha value is -2.14. The Labute approximate surface area is 116 Å². The molecule has 0 aliphatic rings. The number of benzene rings is 2. The molecule has 1 N–H and O–H groups in total. The molecule has 0 aromatic heterocycles. The summed E-state index contributed by atoms with van der Waals surface area (Å²) in [6, 6.07) is 9.04. The fourth-order valence-corrected chi connectivity index (χ4v) is 1.80. The molecule has 0 aliphatic carbocycles. The number of hydrogen-bond acceptors (Lipinski definition) is 3. The van der Waals surface area contributed by atoms with Crippen molar-refractivity contribution in [3.8, 4) is 17.2 Å². The summed E-state index contributed by atoms with van der Waals surface area (Å²) in [4.78, 5) is 0. The summed E-state index contributed by atoms with van der Waals surface area (Å²) >= 11 is 0. The van der Waals surface area contributed by atoms with Gasteiger partial charge in [-0.05, 0) is 36.9 Å². The summed E-state index contributed by atoms with van der Waals surface area (Å²) in [6.45, 7) is 0.382. The molecule has 3 nitrogen and oxygen atoms in total. The standard InChI is InChI=1S/C15H15F2NO2/c1-18-9-10-6-13(16)15(14(17)7-10)20-12-5-3-4-11(8-12)19-2/h3-8,18H,9H2,1-2H3. The van der Waals surface area contributed by atoms with E-state index >= 15 is 0 Å². The maximum absolute atomic E-state index is 13.9. The largest absolute Gasteiger partial charge is 0.497 e. The van der Waals surface area contributed by atoms with Gasteiger partial charge < -0.3 is 14.8 Å². The molecule has 0 atom stereocenters. The molecular weight excluding hydrogens is 264 g/mol. The highest BCUT2D eigenvalue weighted by molar-refractivity contribution is 5.39. The first-order valence-corrected chi connectivity index (χ1v) is 6.08. The lowest BCUT2D eigenvalue weighted by atomic mass is 10.2. The molecular formula is C15H15F2NO2. The number of methoxy groups -OCH3 is 1. The van der Waals surface area contributed by atoms with E-state index in [1.807, 2.05) is 0 Å². The zero-order chi connectivity index (χ0) is 14.5. The minimum atomic E-state index is -0.738. The molecule has 0 amide bonds. The molecule has 2 aromatic carbocycles. The van der Waals surface area contributed by atoms with Crippen molar-refractivity contribution in [2.45, 2.75) is 6.54 Å². The van der Waals surface area contributed by atoms with Gasteiger partial charge in [0, 0.05) is 12.6 Å². The lowest BCUT2D eigenvalue weighted by Gasteiger charge is -2.10. The summed E-state index contributed by atoms with van der Waals surface area (Å²) in [5.41, 5.74) is 0.514. The predicted octanol–water partition coefficient (Wildman–Crippen LogP) is 3.49. The van der Waals surface area contributed by atoms with Crippen LogP contribution in [0.5, 0.6) is 17.2 Å². The molecule has 5 heteroatoms. The highest BCUT2D eigenvalue weighted by atomic mass is 19.1. The molecule has 0 radical (unpaired) electrons. The van der Waals surface area contributed by atoms with Gasteiger partial charge in [0.2, 0.25) is 0 Å². The second kappa shape index (κ2) is 6.34. The first-order chi connectivity index (χ1) is 9.63. The van der Waals surface area contributed by atoms with Crippen LogP contribution < -0.4 is 14.8 Å². The quantitative estimate of drug-likeness (QED) is 0.909. The molecule has 106 valence electrons. The van der Waals surface area contributed by atoms with Crippen molar-refractivity contribution in [1.82, 2.24) is 5.32 Å². The van der Waals surface area contributed by atoms with Crippen molar-refractivity contribution in [3.05, 3.63) is 53.6 Å². The van der Waals surface area contributed by atoms with Gasteiger partial charge >= 0.3 is 0 Å². The maximum atomic E-state index is 13.9. The van der Waals surface area contributed by atoms with Gasteiger partial charge in [0.05, 0.1) is 7.11 Å². The first kappa shape index (κ1) is 14.3. The van der Waals surface area contributed by atoms with Crippen LogP contribution in [0, 0.1) is 11.6 Å². The maximum Gasteiger partial charge on any atom is 0.198 e. The van der Waals surface area contributed by atoms with E-state index in [1.165, 1.54) is 19.2 Å². The molecule has 2 rings (SSSR count). The number of hydrogen-bond donors (Lipinski definition) is 1. The summed E-state index contributed by atoms with van der Waals surface area (Å²) in [7, 11) is 3.21. The van der Waals surface area contributed by atoms with Gasteiger partial charge in [-0.1, -0.05) is 6.07 Å². The van der Waals surface area contributed by atoms with Crippen molar-refractivity contribution >= 4 is 0 Å². The number of halogens is 2. The van der Waals surface area contributed by atoms with Crippen LogP contribution >= 0.6 is 0 Å². The van der Waals surface area contributed by atoms with Gasteiger partial charge in [-0.2, -0.15) is 0 Å². The lowest BCUT2D eigenvalue weighted by molar-refractivity contribution is 0.393. The van der Waals surface area contributed by atoms with Crippen LogP contribution in [0.2, 0.25) is 0 Å². The van der Waals surface area contributed by atoms with E-state index in [0.29, 0.717) is 23.6 Å². The predicted molar refractivity (Wildman–Crippen MR) is 72.2 cm³/mol. The van der Waals surface area contributed by atoms with Gasteiger partial charge in [-0.3, -0.25) is 0 Å². The third-order valence-electron chi connectivity index (χ3n) is 2.70. The minimum absolute atomic E-state index is 0.309. The summed E-state index contributed by atoms with van der Waals surface area (Å²) in [5, 5.41) is 2.83. The SMILES string of the molecule is CNCc1cc(F)c(Oc2cccc(OC)c2)c(F)c1. The van der Waals surface area contributed by atoms with Crippen molar-refractivity contribution in [2.24, 2.45) is 0 Å². The van der Waals surface area contributed by atoms with E-state index in [-0.39, 0.29) is 0 Å². The van der Waals surface area contributed by atoms with Crippen LogP contribution in [0.15, 0.2) is 36.4 Å². The van der Waals surface area contributed by atoms with Gasteiger partial charge in [0.15, 0.2) is 17.4 Å². The average molecular weight is 279 g/mol. The Morgan fingerprint density at radius 1 is 1.05 bits per heavy atom. The Morgan fingerprint density at radius 3 is 2.30 bits per heavy atom. The Morgan fingerprint density at radius 2 is 1.70 bits per heavy atom. The zero-order valence-electron chi connectivity index (χ0n) is 11.2. The number of rotatable bonds is 5. The van der Waals surface area contributed by atoms with Crippen LogP contribution in [0.3, 0.4) is 0 Å². The molecule has 0 unspecified atom stereocenters. The Balaban J connectivity index is 2.28. The zero-order valence-corrected chi connectivity index (χ0v) is 11.2. The molecule has 0 saturated carbocycles. The second-order valence-electron chi connectivity index (χ2n) is 4.20. The van der Waals surface area contributed by atoms with Crippen LogP contribution in [0.1, 0.15) is 5.56 Å². The van der Waals surface area contributed by atoms with E-state index in [0.717, 1.165) is 0 Å². The fourth-order valence-electron chi connectivity index (χ4n) is 1.80. The smallest absolute Gasteiger partial charge is 0.198 e.